The SMILES string of the molecule is C#CCNC(=O)c1sc2nc(COC)nc(OC)c2c1C. The predicted octanol–water partition coefficient (Wildman–Crippen LogP) is 1.52. The van der Waals surface area contributed by atoms with Crippen molar-refractivity contribution in [2.24, 2.45) is 0 Å². The minimum absolute atomic E-state index is 0.185. The fourth-order valence-electron chi connectivity index (χ4n) is 1.91. The standard InChI is InChI=1S/C14H15N3O3S/c1-5-6-15-12(18)11-8(2)10-13(20-4)16-9(7-19-3)17-14(10)21-11/h1H,6-7H2,2-4H3,(H,15,18). The maximum atomic E-state index is 12.1. The zero-order valence-corrected chi connectivity index (χ0v) is 12.8. The lowest BCUT2D eigenvalue weighted by Crippen LogP contribution is -2.23. The molecule has 0 bridgehead atoms. The van der Waals surface area contributed by atoms with E-state index in [2.05, 4.69) is 21.2 Å². The lowest BCUT2D eigenvalue weighted by atomic mass is 10.2. The first-order valence-electron chi connectivity index (χ1n) is 6.17. The number of hydrogen-bond acceptors (Lipinski definition) is 6. The first-order valence-corrected chi connectivity index (χ1v) is 6.98. The van der Waals surface area contributed by atoms with E-state index in [0.717, 1.165) is 10.9 Å². The Hall–Kier alpha value is -2.17. The molecule has 7 heteroatoms. The molecule has 21 heavy (non-hydrogen) atoms. The molecule has 2 aromatic rings. The summed E-state index contributed by atoms with van der Waals surface area (Å²) in [7, 11) is 3.10. The van der Waals surface area contributed by atoms with Crippen LogP contribution < -0.4 is 10.1 Å². The summed E-state index contributed by atoms with van der Waals surface area (Å²) in [6.07, 6.45) is 5.15. The number of aromatic nitrogens is 2. The van der Waals surface area contributed by atoms with Crippen LogP contribution in [-0.2, 0) is 11.3 Å². The lowest BCUT2D eigenvalue weighted by molar-refractivity contribution is 0.0962. The zero-order valence-electron chi connectivity index (χ0n) is 12.0. The predicted molar refractivity (Wildman–Crippen MR) is 80.6 cm³/mol. The van der Waals surface area contributed by atoms with Gasteiger partial charge in [-0.05, 0) is 12.5 Å². The van der Waals surface area contributed by atoms with E-state index in [1.807, 2.05) is 6.92 Å². The molecule has 0 spiro atoms. The van der Waals surface area contributed by atoms with Gasteiger partial charge in [0.15, 0.2) is 5.82 Å². The Kier molecular flexibility index (Phi) is 4.73. The smallest absolute Gasteiger partial charge is 0.262 e. The molecule has 6 nitrogen and oxygen atoms in total. The molecule has 0 radical (unpaired) electrons. The van der Waals surface area contributed by atoms with Crippen LogP contribution in [0, 0.1) is 19.3 Å². The number of carbonyl (C=O) groups excluding carboxylic acids is 1. The molecule has 0 saturated heterocycles. The van der Waals surface area contributed by atoms with E-state index in [1.165, 1.54) is 18.4 Å². The van der Waals surface area contributed by atoms with Gasteiger partial charge in [0.05, 0.1) is 23.9 Å². The third-order valence-electron chi connectivity index (χ3n) is 2.83. The van der Waals surface area contributed by atoms with E-state index >= 15 is 0 Å². The molecule has 2 rings (SSSR count). The van der Waals surface area contributed by atoms with Crippen molar-refractivity contribution in [3.8, 4) is 18.2 Å². The van der Waals surface area contributed by atoms with Gasteiger partial charge in [0.1, 0.15) is 11.4 Å². The van der Waals surface area contributed by atoms with Crippen LogP contribution >= 0.6 is 11.3 Å². The molecule has 0 aliphatic rings. The molecule has 0 aliphatic carbocycles. The molecule has 1 N–H and O–H groups in total. The van der Waals surface area contributed by atoms with Gasteiger partial charge in [-0.1, -0.05) is 5.92 Å². The molecule has 2 heterocycles. The fraction of sp³-hybridized carbons (Fsp3) is 0.357. The number of rotatable bonds is 5. The van der Waals surface area contributed by atoms with Crippen LogP contribution in [-0.4, -0.2) is 36.6 Å². The van der Waals surface area contributed by atoms with Crippen molar-refractivity contribution in [1.29, 1.82) is 0 Å². The van der Waals surface area contributed by atoms with E-state index < -0.39 is 0 Å². The van der Waals surface area contributed by atoms with Gasteiger partial charge in [0, 0.05) is 7.11 Å². The number of aryl methyl sites for hydroxylation is 1. The van der Waals surface area contributed by atoms with Crippen LogP contribution in [0.4, 0.5) is 0 Å². The fourth-order valence-corrected chi connectivity index (χ4v) is 3.02. The molecule has 0 aliphatic heterocycles. The minimum atomic E-state index is -0.219. The average Bonchev–Trinajstić information content (AvgIpc) is 2.81. The third-order valence-corrected chi connectivity index (χ3v) is 4.01. The summed E-state index contributed by atoms with van der Waals surface area (Å²) < 4.78 is 10.3. The maximum Gasteiger partial charge on any atom is 0.262 e. The molecule has 0 saturated carbocycles. The van der Waals surface area contributed by atoms with Crippen molar-refractivity contribution >= 4 is 27.5 Å². The summed E-state index contributed by atoms with van der Waals surface area (Å²) in [5.41, 5.74) is 0.783. The summed E-state index contributed by atoms with van der Waals surface area (Å²) in [4.78, 5) is 22.0. The van der Waals surface area contributed by atoms with E-state index in [0.29, 0.717) is 21.4 Å². The number of hydrogen-bond donors (Lipinski definition) is 1. The van der Waals surface area contributed by atoms with E-state index in [4.69, 9.17) is 15.9 Å². The monoisotopic (exact) mass is 305 g/mol. The summed E-state index contributed by atoms with van der Waals surface area (Å²) in [5, 5.41) is 3.39. The van der Waals surface area contributed by atoms with Crippen LogP contribution in [0.3, 0.4) is 0 Å². The lowest BCUT2D eigenvalue weighted by Gasteiger charge is -2.04. The number of ether oxygens (including phenoxy) is 2. The normalized spacial score (nSPS) is 10.4. The van der Waals surface area contributed by atoms with Gasteiger partial charge in [-0.25, -0.2) is 4.98 Å². The molecular formula is C14H15N3O3S. The molecule has 2 aromatic heterocycles. The number of carbonyl (C=O) groups is 1. The number of amides is 1. The Morgan fingerprint density at radius 3 is 2.81 bits per heavy atom. The van der Waals surface area contributed by atoms with Gasteiger partial charge in [-0.3, -0.25) is 4.79 Å². The van der Waals surface area contributed by atoms with Crippen LogP contribution in [0.2, 0.25) is 0 Å². The Bertz CT molecular complexity index is 718. The molecule has 0 aromatic carbocycles. The van der Waals surface area contributed by atoms with Gasteiger partial charge in [-0.15, -0.1) is 17.8 Å². The van der Waals surface area contributed by atoms with E-state index in [9.17, 15) is 4.79 Å². The van der Waals surface area contributed by atoms with E-state index in [-0.39, 0.29) is 19.1 Å². The number of thiophene rings is 1. The van der Waals surface area contributed by atoms with Crippen molar-refractivity contribution in [2.45, 2.75) is 13.5 Å². The van der Waals surface area contributed by atoms with E-state index in [1.54, 1.807) is 7.11 Å². The number of nitrogens with zero attached hydrogens (tertiary/aromatic N) is 2. The second-order valence-corrected chi connectivity index (χ2v) is 5.20. The van der Waals surface area contributed by atoms with Crippen molar-refractivity contribution in [1.82, 2.24) is 15.3 Å². The number of nitrogens with one attached hydrogen (secondary N) is 1. The number of fused-ring (bicyclic) bond motifs is 1. The van der Waals surface area contributed by atoms with Crippen molar-refractivity contribution in [3.63, 3.8) is 0 Å². The van der Waals surface area contributed by atoms with Crippen LogP contribution in [0.25, 0.3) is 10.2 Å². The Balaban J connectivity index is 2.54. The largest absolute Gasteiger partial charge is 0.480 e. The second-order valence-electron chi connectivity index (χ2n) is 4.21. The topological polar surface area (TPSA) is 73.3 Å². The zero-order chi connectivity index (χ0) is 15.4. The molecule has 0 unspecified atom stereocenters. The van der Waals surface area contributed by atoms with Crippen LogP contribution in [0.15, 0.2) is 0 Å². The Morgan fingerprint density at radius 2 is 2.19 bits per heavy atom. The summed E-state index contributed by atoms with van der Waals surface area (Å²) >= 11 is 1.28. The third kappa shape index (κ3) is 2.96. The average molecular weight is 305 g/mol. The molecule has 0 fully saturated rings. The first kappa shape index (κ1) is 15.2. The summed E-state index contributed by atoms with van der Waals surface area (Å²) in [6, 6.07) is 0. The van der Waals surface area contributed by atoms with Gasteiger partial charge in [0.2, 0.25) is 5.88 Å². The van der Waals surface area contributed by atoms with Gasteiger partial charge in [0.25, 0.3) is 5.91 Å². The number of terminal acetylenes is 1. The molecule has 1 amide bonds. The highest BCUT2D eigenvalue weighted by atomic mass is 32.1. The summed E-state index contributed by atoms with van der Waals surface area (Å²) in [5.74, 6) is 3.11. The molecule has 110 valence electrons. The van der Waals surface area contributed by atoms with Crippen molar-refractivity contribution in [2.75, 3.05) is 20.8 Å². The number of methoxy groups -OCH3 is 2. The maximum absolute atomic E-state index is 12.1. The minimum Gasteiger partial charge on any atom is -0.480 e. The second kappa shape index (κ2) is 6.52. The quantitative estimate of drug-likeness (QED) is 0.848. The van der Waals surface area contributed by atoms with Gasteiger partial charge >= 0.3 is 0 Å². The van der Waals surface area contributed by atoms with Crippen molar-refractivity contribution in [3.05, 3.63) is 16.3 Å². The first-order chi connectivity index (χ1) is 10.1. The highest BCUT2D eigenvalue weighted by Crippen LogP contribution is 2.34. The highest BCUT2D eigenvalue weighted by Gasteiger charge is 2.20. The summed E-state index contributed by atoms with van der Waals surface area (Å²) in [6.45, 7) is 2.30. The Labute approximate surface area is 126 Å². The Morgan fingerprint density at radius 1 is 1.43 bits per heavy atom. The van der Waals surface area contributed by atoms with Gasteiger partial charge < -0.3 is 14.8 Å². The van der Waals surface area contributed by atoms with Crippen LogP contribution in [0.5, 0.6) is 5.88 Å². The highest BCUT2D eigenvalue weighted by molar-refractivity contribution is 7.20. The molecular weight excluding hydrogens is 290 g/mol. The van der Waals surface area contributed by atoms with Crippen molar-refractivity contribution < 1.29 is 14.3 Å². The van der Waals surface area contributed by atoms with Gasteiger partial charge in [-0.2, -0.15) is 4.98 Å². The van der Waals surface area contributed by atoms with Crippen LogP contribution in [0.1, 0.15) is 21.1 Å². The molecule has 0 atom stereocenters.